The van der Waals surface area contributed by atoms with Crippen LogP contribution in [0.3, 0.4) is 0 Å². The first-order valence-electron chi connectivity index (χ1n) is 6.16. The van der Waals surface area contributed by atoms with E-state index in [9.17, 15) is 9.59 Å². The first kappa shape index (κ1) is 14.6. The van der Waals surface area contributed by atoms with E-state index < -0.39 is 0 Å². The fourth-order valence-corrected chi connectivity index (χ4v) is 4.34. The van der Waals surface area contributed by atoms with Gasteiger partial charge in [-0.15, -0.1) is 23.1 Å². The molecule has 0 atom stereocenters. The number of hydrogen-bond donors (Lipinski definition) is 1. The fraction of sp³-hybridized carbons (Fsp3) is 0.0667. The maximum atomic E-state index is 12.2. The van der Waals surface area contributed by atoms with Crippen molar-refractivity contribution in [2.45, 2.75) is 4.21 Å². The van der Waals surface area contributed by atoms with E-state index in [4.69, 9.17) is 0 Å². The second-order valence-corrected chi connectivity index (χ2v) is 7.61. The van der Waals surface area contributed by atoms with Crippen molar-refractivity contribution in [2.75, 3.05) is 11.1 Å². The molecule has 1 amide bonds. The lowest BCUT2D eigenvalue weighted by molar-refractivity contribution is -0.113. The van der Waals surface area contributed by atoms with Crippen LogP contribution in [-0.4, -0.2) is 17.4 Å². The SMILES string of the molecule is O=C1CSc2sc(C(=O)/C=C/c3cccc(Br)c3)cc2N1. The summed E-state index contributed by atoms with van der Waals surface area (Å²) in [5.74, 6) is 0.341. The van der Waals surface area contributed by atoms with Gasteiger partial charge in [0.25, 0.3) is 0 Å². The van der Waals surface area contributed by atoms with Crippen molar-refractivity contribution in [2.24, 2.45) is 0 Å². The Morgan fingerprint density at radius 1 is 1.33 bits per heavy atom. The van der Waals surface area contributed by atoms with E-state index in [2.05, 4.69) is 21.2 Å². The lowest BCUT2D eigenvalue weighted by Gasteiger charge is -2.10. The number of benzene rings is 1. The Morgan fingerprint density at radius 2 is 2.19 bits per heavy atom. The molecule has 0 aliphatic carbocycles. The molecule has 0 saturated carbocycles. The molecule has 3 nitrogen and oxygen atoms in total. The first-order chi connectivity index (χ1) is 10.1. The molecule has 0 saturated heterocycles. The second kappa shape index (κ2) is 6.17. The molecule has 0 spiro atoms. The van der Waals surface area contributed by atoms with E-state index in [1.165, 1.54) is 23.1 Å². The number of amides is 1. The molecule has 1 N–H and O–H groups in total. The molecular formula is C15H10BrNO2S2. The maximum absolute atomic E-state index is 12.2. The Kier molecular flexibility index (Phi) is 4.28. The summed E-state index contributed by atoms with van der Waals surface area (Å²) in [6, 6.07) is 9.48. The van der Waals surface area contributed by atoms with Crippen LogP contribution in [0.1, 0.15) is 15.2 Å². The van der Waals surface area contributed by atoms with Crippen molar-refractivity contribution in [3.8, 4) is 0 Å². The Labute approximate surface area is 138 Å². The topological polar surface area (TPSA) is 46.2 Å². The number of fused-ring (bicyclic) bond motifs is 1. The van der Waals surface area contributed by atoms with Crippen molar-refractivity contribution in [1.82, 2.24) is 0 Å². The summed E-state index contributed by atoms with van der Waals surface area (Å²) < 4.78 is 1.97. The summed E-state index contributed by atoms with van der Waals surface area (Å²) in [4.78, 5) is 24.1. The highest BCUT2D eigenvalue weighted by molar-refractivity contribution is 9.10. The van der Waals surface area contributed by atoms with Crippen LogP contribution in [-0.2, 0) is 4.79 Å². The highest BCUT2D eigenvalue weighted by Crippen LogP contribution is 2.39. The highest BCUT2D eigenvalue weighted by Gasteiger charge is 2.20. The molecule has 0 unspecified atom stereocenters. The molecule has 1 aliphatic rings. The summed E-state index contributed by atoms with van der Waals surface area (Å²) in [6.07, 6.45) is 3.35. The van der Waals surface area contributed by atoms with Crippen LogP contribution < -0.4 is 5.32 Å². The Balaban J connectivity index is 1.78. The van der Waals surface area contributed by atoms with Crippen molar-refractivity contribution < 1.29 is 9.59 Å². The largest absolute Gasteiger partial charge is 0.324 e. The van der Waals surface area contributed by atoms with Crippen LogP contribution in [0.25, 0.3) is 6.08 Å². The van der Waals surface area contributed by atoms with Crippen LogP contribution in [0, 0.1) is 0 Å². The lowest BCUT2D eigenvalue weighted by Crippen LogP contribution is -2.17. The van der Waals surface area contributed by atoms with E-state index in [1.54, 1.807) is 18.2 Å². The van der Waals surface area contributed by atoms with Crippen LogP contribution >= 0.6 is 39.0 Å². The Morgan fingerprint density at radius 3 is 3.00 bits per heavy atom. The van der Waals surface area contributed by atoms with Gasteiger partial charge in [0.2, 0.25) is 5.91 Å². The number of thioether (sulfide) groups is 1. The summed E-state index contributed by atoms with van der Waals surface area (Å²) in [5.41, 5.74) is 1.71. The van der Waals surface area contributed by atoms with Crippen LogP contribution in [0.4, 0.5) is 5.69 Å². The highest BCUT2D eigenvalue weighted by atomic mass is 79.9. The third-order valence-electron chi connectivity index (χ3n) is 2.83. The molecule has 1 aliphatic heterocycles. The van der Waals surface area contributed by atoms with Gasteiger partial charge in [0.1, 0.15) is 0 Å². The molecular weight excluding hydrogens is 370 g/mol. The van der Waals surface area contributed by atoms with Gasteiger partial charge >= 0.3 is 0 Å². The number of thiophene rings is 1. The van der Waals surface area contributed by atoms with E-state index in [1.807, 2.05) is 24.3 Å². The smallest absolute Gasteiger partial charge is 0.234 e. The average Bonchev–Trinajstić information content (AvgIpc) is 2.88. The number of carbonyl (C=O) groups is 2. The lowest BCUT2D eigenvalue weighted by atomic mass is 10.2. The third kappa shape index (κ3) is 3.45. The number of hydrogen-bond acceptors (Lipinski definition) is 4. The number of halogens is 1. The van der Waals surface area contributed by atoms with E-state index in [-0.39, 0.29) is 11.7 Å². The van der Waals surface area contributed by atoms with E-state index >= 15 is 0 Å². The van der Waals surface area contributed by atoms with Crippen molar-refractivity contribution in [1.29, 1.82) is 0 Å². The molecule has 0 fully saturated rings. The maximum Gasteiger partial charge on any atom is 0.234 e. The summed E-state index contributed by atoms with van der Waals surface area (Å²) >= 11 is 6.30. The van der Waals surface area contributed by atoms with Gasteiger partial charge in [-0.2, -0.15) is 0 Å². The molecule has 0 bridgehead atoms. The van der Waals surface area contributed by atoms with Gasteiger partial charge in [0.05, 0.1) is 20.5 Å². The quantitative estimate of drug-likeness (QED) is 0.632. The zero-order valence-electron chi connectivity index (χ0n) is 10.8. The molecule has 2 aromatic rings. The molecule has 106 valence electrons. The minimum absolute atomic E-state index is 0.0195. The van der Waals surface area contributed by atoms with Crippen LogP contribution in [0.5, 0.6) is 0 Å². The molecule has 21 heavy (non-hydrogen) atoms. The number of rotatable bonds is 3. The first-order valence-corrected chi connectivity index (χ1v) is 8.76. The molecule has 1 aromatic heterocycles. The minimum Gasteiger partial charge on any atom is -0.324 e. The Bertz CT molecular complexity index is 752. The molecule has 3 rings (SSSR count). The zero-order chi connectivity index (χ0) is 14.8. The van der Waals surface area contributed by atoms with Crippen LogP contribution in [0.15, 0.2) is 45.1 Å². The summed E-state index contributed by atoms with van der Waals surface area (Å²) in [5, 5.41) is 2.78. The van der Waals surface area contributed by atoms with Crippen molar-refractivity contribution in [3.05, 3.63) is 51.3 Å². The fourth-order valence-electron chi connectivity index (χ4n) is 1.87. The second-order valence-electron chi connectivity index (χ2n) is 4.40. The number of nitrogens with one attached hydrogen (secondary N) is 1. The van der Waals surface area contributed by atoms with Gasteiger partial charge in [-0.05, 0) is 29.8 Å². The monoisotopic (exact) mass is 379 g/mol. The standard InChI is InChI=1S/C15H10BrNO2S2/c16-10-3-1-2-9(6-10)4-5-12(18)13-7-11-15(21-13)20-8-14(19)17-11/h1-7H,8H2,(H,17,19)/b5-4+. The zero-order valence-corrected chi connectivity index (χ0v) is 14.0. The minimum atomic E-state index is -0.0516. The average molecular weight is 380 g/mol. The number of carbonyl (C=O) groups excluding carboxylic acids is 2. The summed E-state index contributed by atoms with van der Waals surface area (Å²) in [6.45, 7) is 0. The van der Waals surface area contributed by atoms with Gasteiger partial charge in [-0.3, -0.25) is 9.59 Å². The van der Waals surface area contributed by atoms with Gasteiger partial charge < -0.3 is 5.32 Å². The van der Waals surface area contributed by atoms with E-state index in [0.29, 0.717) is 10.6 Å². The Hall–Kier alpha value is -1.37. The van der Waals surface area contributed by atoms with Gasteiger partial charge in [0, 0.05) is 4.47 Å². The van der Waals surface area contributed by atoms with Gasteiger partial charge in [0.15, 0.2) is 5.78 Å². The van der Waals surface area contributed by atoms with Crippen molar-refractivity contribution in [3.63, 3.8) is 0 Å². The number of allylic oxidation sites excluding steroid dienone is 1. The number of ketones is 1. The van der Waals surface area contributed by atoms with Crippen LogP contribution in [0.2, 0.25) is 0 Å². The third-order valence-corrected chi connectivity index (χ3v) is 5.75. The van der Waals surface area contributed by atoms with E-state index in [0.717, 1.165) is 19.9 Å². The summed E-state index contributed by atoms with van der Waals surface area (Å²) in [7, 11) is 0. The molecule has 6 heteroatoms. The van der Waals surface area contributed by atoms with Gasteiger partial charge in [-0.25, -0.2) is 0 Å². The van der Waals surface area contributed by atoms with Crippen molar-refractivity contribution >= 4 is 62.5 Å². The normalized spacial score (nSPS) is 14.0. The predicted octanol–water partition coefficient (Wildman–Crippen LogP) is 4.45. The molecule has 0 radical (unpaired) electrons. The predicted molar refractivity (Wildman–Crippen MR) is 91.2 cm³/mol. The molecule has 1 aromatic carbocycles. The molecule has 2 heterocycles. The number of anilines is 1. The van der Waals surface area contributed by atoms with Gasteiger partial charge in [-0.1, -0.05) is 34.1 Å².